The molecule has 1 amide bonds. The molecule has 3 rings (SSSR count). The topological polar surface area (TPSA) is 66.4 Å². The van der Waals surface area contributed by atoms with Gasteiger partial charge in [0.15, 0.2) is 0 Å². The third kappa shape index (κ3) is 3.29. The number of carbonyl (C=O) groups is 2. The van der Waals surface area contributed by atoms with Crippen molar-refractivity contribution in [3.05, 3.63) is 51.2 Å². The Labute approximate surface area is 139 Å². The number of anilines is 1. The lowest BCUT2D eigenvalue weighted by Crippen LogP contribution is -2.14. The summed E-state index contributed by atoms with van der Waals surface area (Å²) in [4.78, 5) is 24.8. The Morgan fingerprint density at radius 3 is 2.57 bits per heavy atom. The molecule has 5 heteroatoms. The van der Waals surface area contributed by atoms with E-state index in [0.29, 0.717) is 5.69 Å². The van der Waals surface area contributed by atoms with Crippen LogP contribution in [0.1, 0.15) is 52.0 Å². The van der Waals surface area contributed by atoms with Gasteiger partial charge in [0.25, 0.3) is 5.91 Å². The summed E-state index contributed by atoms with van der Waals surface area (Å²) in [5.41, 5.74) is 3.40. The molecule has 1 unspecified atom stereocenters. The van der Waals surface area contributed by atoms with Crippen LogP contribution in [-0.2, 0) is 17.6 Å². The number of amides is 1. The summed E-state index contributed by atoms with van der Waals surface area (Å²) in [6.45, 7) is 1.65. The first-order valence-electron chi connectivity index (χ1n) is 7.79. The Hall–Kier alpha value is -2.14. The van der Waals surface area contributed by atoms with E-state index in [0.717, 1.165) is 30.4 Å². The second-order valence-electron chi connectivity index (χ2n) is 5.89. The first-order chi connectivity index (χ1) is 11.1. The van der Waals surface area contributed by atoms with Crippen molar-refractivity contribution in [2.45, 2.75) is 38.5 Å². The molecule has 1 atom stereocenters. The minimum atomic E-state index is -0.855. The molecule has 1 aromatic heterocycles. The van der Waals surface area contributed by atoms with Crippen LogP contribution in [0, 0.1) is 0 Å². The van der Waals surface area contributed by atoms with Crippen molar-refractivity contribution in [2.24, 2.45) is 0 Å². The fourth-order valence-electron chi connectivity index (χ4n) is 2.88. The van der Waals surface area contributed by atoms with E-state index < -0.39 is 11.9 Å². The monoisotopic (exact) mass is 329 g/mol. The molecule has 0 saturated heterocycles. The Kier molecular flexibility index (Phi) is 4.48. The maximum Gasteiger partial charge on any atom is 0.310 e. The molecule has 1 aliphatic rings. The molecule has 0 saturated carbocycles. The van der Waals surface area contributed by atoms with E-state index in [4.69, 9.17) is 5.11 Å². The second kappa shape index (κ2) is 6.54. The molecule has 2 aromatic rings. The van der Waals surface area contributed by atoms with Crippen LogP contribution in [0.5, 0.6) is 0 Å². The predicted octanol–water partition coefficient (Wildman–Crippen LogP) is 4.07. The Morgan fingerprint density at radius 1 is 1.17 bits per heavy atom. The number of nitrogens with one attached hydrogen (secondary N) is 1. The van der Waals surface area contributed by atoms with Gasteiger partial charge in [0.1, 0.15) is 0 Å². The zero-order valence-corrected chi connectivity index (χ0v) is 13.8. The quantitative estimate of drug-likeness (QED) is 0.888. The summed E-state index contributed by atoms with van der Waals surface area (Å²) in [5, 5.41) is 13.9. The smallest absolute Gasteiger partial charge is 0.310 e. The van der Waals surface area contributed by atoms with Crippen LogP contribution in [0.3, 0.4) is 0 Å². The highest BCUT2D eigenvalue weighted by molar-refractivity contribution is 7.10. The van der Waals surface area contributed by atoms with E-state index in [-0.39, 0.29) is 5.91 Å². The highest BCUT2D eigenvalue weighted by atomic mass is 32.1. The summed E-state index contributed by atoms with van der Waals surface area (Å²) >= 11 is 1.67. The number of hydrogen-bond donors (Lipinski definition) is 2. The van der Waals surface area contributed by atoms with Crippen LogP contribution < -0.4 is 5.32 Å². The molecule has 1 aliphatic carbocycles. The lowest BCUT2D eigenvalue weighted by molar-refractivity contribution is -0.138. The third-order valence-corrected chi connectivity index (χ3v) is 5.43. The van der Waals surface area contributed by atoms with Crippen molar-refractivity contribution in [3.8, 4) is 0 Å². The predicted molar refractivity (Wildman–Crippen MR) is 91.4 cm³/mol. The van der Waals surface area contributed by atoms with Gasteiger partial charge in [-0.25, -0.2) is 0 Å². The fraction of sp³-hybridized carbons (Fsp3) is 0.333. The van der Waals surface area contributed by atoms with Crippen LogP contribution in [0.25, 0.3) is 0 Å². The van der Waals surface area contributed by atoms with Gasteiger partial charge in [0, 0.05) is 15.9 Å². The number of benzene rings is 1. The standard InChI is InChI=1S/C18H19NO3S/c1-11(18(21)22)12-6-8-13(9-7-12)19-17(20)15-10-23-16-5-3-2-4-14(15)16/h6-11H,2-5H2,1H3,(H,19,20)(H,21,22). The van der Waals surface area contributed by atoms with Crippen molar-refractivity contribution in [1.29, 1.82) is 0 Å². The second-order valence-corrected chi connectivity index (χ2v) is 6.86. The van der Waals surface area contributed by atoms with Crippen molar-refractivity contribution >= 4 is 28.9 Å². The van der Waals surface area contributed by atoms with Crippen molar-refractivity contribution in [3.63, 3.8) is 0 Å². The van der Waals surface area contributed by atoms with E-state index >= 15 is 0 Å². The van der Waals surface area contributed by atoms with Crippen LogP contribution in [0.4, 0.5) is 5.69 Å². The molecule has 0 bridgehead atoms. The van der Waals surface area contributed by atoms with Crippen molar-refractivity contribution < 1.29 is 14.7 Å². The first-order valence-corrected chi connectivity index (χ1v) is 8.67. The average Bonchev–Trinajstić information content (AvgIpc) is 2.99. The van der Waals surface area contributed by atoms with Gasteiger partial charge in [0.2, 0.25) is 0 Å². The summed E-state index contributed by atoms with van der Waals surface area (Å²) in [6, 6.07) is 7.01. The van der Waals surface area contributed by atoms with Gasteiger partial charge in [-0.15, -0.1) is 11.3 Å². The minimum absolute atomic E-state index is 0.0802. The Balaban J connectivity index is 1.73. The molecule has 2 N–H and O–H groups in total. The molecule has 120 valence electrons. The van der Waals surface area contributed by atoms with Crippen molar-refractivity contribution in [2.75, 3.05) is 5.32 Å². The number of carboxylic acids is 1. The number of thiophene rings is 1. The molecule has 0 aliphatic heterocycles. The van der Waals surface area contributed by atoms with Gasteiger partial charge in [0.05, 0.1) is 11.5 Å². The number of hydrogen-bond acceptors (Lipinski definition) is 3. The minimum Gasteiger partial charge on any atom is -0.481 e. The van der Waals surface area contributed by atoms with Gasteiger partial charge in [-0.2, -0.15) is 0 Å². The number of carbonyl (C=O) groups excluding carboxylic acids is 1. The first kappa shape index (κ1) is 15.7. The maximum atomic E-state index is 12.5. The summed E-state index contributed by atoms with van der Waals surface area (Å²) in [7, 11) is 0. The highest BCUT2D eigenvalue weighted by Gasteiger charge is 2.20. The SMILES string of the molecule is CC(C(=O)O)c1ccc(NC(=O)c2csc3c2CCCC3)cc1. The molecule has 0 fully saturated rings. The van der Waals surface area contributed by atoms with E-state index in [9.17, 15) is 9.59 Å². The number of aryl methyl sites for hydroxylation is 1. The van der Waals surface area contributed by atoms with Gasteiger partial charge in [-0.1, -0.05) is 12.1 Å². The number of fused-ring (bicyclic) bond motifs is 1. The maximum absolute atomic E-state index is 12.5. The number of carboxylic acid groups (broad SMARTS) is 1. The molecule has 4 nitrogen and oxygen atoms in total. The third-order valence-electron chi connectivity index (χ3n) is 4.34. The van der Waals surface area contributed by atoms with Gasteiger partial charge in [-0.3, -0.25) is 9.59 Å². The van der Waals surface area contributed by atoms with Gasteiger partial charge < -0.3 is 10.4 Å². The molecule has 0 radical (unpaired) electrons. The van der Waals surface area contributed by atoms with E-state index in [1.54, 1.807) is 42.5 Å². The Bertz CT molecular complexity index is 733. The number of aliphatic carboxylic acids is 1. The zero-order chi connectivity index (χ0) is 16.4. The molecule has 1 aromatic carbocycles. The van der Waals surface area contributed by atoms with Gasteiger partial charge >= 0.3 is 5.97 Å². The Morgan fingerprint density at radius 2 is 1.87 bits per heavy atom. The zero-order valence-electron chi connectivity index (χ0n) is 13.0. The molecular weight excluding hydrogens is 310 g/mol. The molecular formula is C18H19NO3S. The normalized spacial score (nSPS) is 14.8. The highest BCUT2D eigenvalue weighted by Crippen LogP contribution is 2.30. The average molecular weight is 329 g/mol. The lowest BCUT2D eigenvalue weighted by atomic mass is 9.95. The lowest BCUT2D eigenvalue weighted by Gasteiger charge is -2.13. The largest absolute Gasteiger partial charge is 0.481 e. The summed E-state index contributed by atoms with van der Waals surface area (Å²) < 4.78 is 0. The van der Waals surface area contributed by atoms with E-state index in [1.807, 2.05) is 5.38 Å². The fourth-order valence-corrected chi connectivity index (χ4v) is 4.01. The van der Waals surface area contributed by atoms with Crippen LogP contribution in [-0.4, -0.2) is 17.0 Å². The molecule has 23 heavy (non-hydrogen) atoms. The summed E-state index contributed by atoms with van der Waals surface area (Å²) in [5.74, 6) is -1.49. The van der Waals surface area contributed by atoms with E-state index in [2.05, 4.69) is 5.32 Å². The molecule has 1 heterocycles. The number of rotatable bonds is 4. The van der Waals surface area contributed by atoms with E-state index in [1.165, 1.54) is 16.9 Å². The molecule has 0 spiro atoms. The van der Waals surface area contributed by atoms with Gasteiger partial charge in [-0.05, 0) is 55.9 Å². The van der Waals surface area contributed by atoms with Crippen LogP contribution >= 0.6 is 11.3 Å². The summed E-state index contributed by atoms with van der Waals surface area (Å²) in [6.07, 6.45) is 4.41. The van der Waals surface area contributed by atoms with Crippen molar-refractivity contribution in [1.82, 2.24) is 0 Å². The van der Waals surface area contributed by atoms with Crippen LogP contribution in [0.15, 0.2) is 29.6 Å². The van der Waals surface area contributed by atoms with Crippen LogP contribution in [0.2, 0.25) is 0 Å².